The highest BCUT2D eigenvalue weighted by Crippen LogP contribution is 2.15. The van der Waals surface area contributed by atoms with Gasteiger partial charge >= 0.3 is 0 Å². The maximum absolute atomic E-state index is 12.5. The molecule has 1 saturated heterocycles. The summed E-state index contributed by atoms with van der Waals surface area (Å²) in [5.74, 6) is 0.465. The van der Waals surface area contributed by atoms with Crippen molar-refractivity contribution in [2.45, 2.75) is 31.8 Å². The van der Waals surface area contributed by atoms with Crippen LogP contribution in [-0.2, 0) is 16.6 Å². The fourth-order valence-electron chi connectivity index (χ4n) is 2.19. The van der Waals surface area contributed by atoms with Crippen molar-refractivity contribution < 1.29 is 8.42 Å². The first-order valence-electron chi connectivity index (χ1n) is 6.73. The second kappa shape index (κ2) is 6.02. The number of hydrogen-bond donors (Lipinski definition) is 1. The van der Waals surface area contributed by atoms with Crippen molar-refractivity contribution in [1.29, 1.82) is 0 Å². The molecule has 1 aliphatic rings. The predicted molar refractivity (Wildman–Crippen MR) is 73.3 cm³/mol. The zero-order chi connectivity index (χ0) is 13.9. The van der Waals surface area contributed by atoms with E-state index in [1.54, 1.807) is 12.5 Å². The highest BCUT2D eigenvalue weighted by molar-refractivity contribution is 7.89. The van der Waals surface area contributed by atoms with Gasteiger partial charge in [0, 0.05) is 32.4 Å². The molecule has 2 heterocycles. The fourth-order valence-corrected chi connectivity index (χ4v) is 3.60. The number of nitrogens with zero attached hydrogens (tertiary/aromatic N) is 3. The van der Waals surface area contributed by atoms with Gasteiger partial charge in [-0.15, -0.1) is 0 Å². The van der Waals surface area contributed by atoms with Crippen LogP contribution in [0.2, 0.25) is 0 Å². The molecule has 0 spiro atoms. The standard InChI is InChI=1S/C12H22N4O2S/c1-11(2)8-15-9-12(14-10-15)19(17,18)16-6-3-4-13-5-7-16/h9-11,13H,3-8H2,1-2H3. The summed E-state index contributed by atoms with van der Waals surface area (Å²) in [4.78, 5) is 4.06. The minimum atomic E-state index is -3.44. The summed E-state index contributed by atoms with van der Waals surface area (Å²) >= 11 is 0. The summed E-state index contributed by atoms with van der Waals surface area (Å²) in [6, 6.07) is 0. The van der Waals surface area contributed by atoms with Crippen molar-refractivity contribution in [3.05, 3.63) is 12.5 Å². The molecule has 108 valence electrons. The molecule has 0 amide bonds. The highest BCUT2D eigenvalue weighted by Gasteiger charge is 2.27. The van der Waals surface area contributed by atoms with Gasteiger partial charge in [-0.05, 0) is 18.9 Å². The average Bonchev–Trinajstić information content (AvgIpc) is 2.64. The van der Waals surface area contributed by atoms with Crippen LogP contribution >= 0.6 is 0 Å². The third-order valence-electron chi connectivity index (χ3n) is 3.09. The van der Waals surface area contributed by atoms with Crippen molar-refractivity contribution in [3.8, 4) is 0 Å². The van der Waals surface area contributed by atoms with Crippen molar-refractivity contribution in [3.63, 3.8) is 0 Å². The van der Waals surface area contributed by atoms with Crippen molar-refractivity contribution in [2.75, 3.05) is 26.2 Å². The van der Waals surface area contributed by atoms with Gasteiger partial charge in [-0.1, -0.05) is 13.8 Å². The van der Waals surface area contributed by atoms with Gasteiger partial charge in [-0.3, -0.25) is 0 Å². The molecule has 0 aliphatic carbocycles. The van der Waals surface area contributed by atoms with Gasteiger partial charge in [-0.2, -0.15) is 4.31 Å². The van der Waals surface area contributed by atoms with Crippen LogP contribution in [0.25, 0.3) is 0 Å². The number of aromatic nitrogens is 2. The Morgan fingerprint density at radius 2 is 2.16 bits per heavy atom. The van der Waals surface area contributed by atoms with Gasteiger partial charge in [0.15, 0.2) is 5.03 Å². The second-order valence-electron chi connectivity index (χ2n) is 5.31. The smallest absolute Gasteiger partial charge is 0.262 e. The number of nitrogens with one attached hydrogen (secondary N) is 1. The molecule has 1 aliphatic heterocycles. The number of hydrogen-bond acceptors (Lipinski definition) is 4. The summed E-state index contributed by atoms with van der Waals surface area (Å²) in [6.07, 6.45) is 4.07. The van der Waals surface area contributed by atoms with Crippen LogP contribution in [-0.4, -0.2) is 48.5 Å². The normalized spacial score (nSPS) is 18.7. The Morgan fingerprint density at radius 3 is 2.89 bits per heavy atom. The molecule has 1 N–H and O–H groups in total. The molecule has 0 aromatic carbocycles. The van der Waals surface area contributed by atoms with Crippen molar-refractivity contribution in [1.82, 2.24) is 19.2 Å². The van der Waals surface area contributed by atoms with Crippen LogP contribution in [0.4, 0.5) is 0 Å². The summed E-state index contributed by atoms with van der Waals surface area (Å²) in [5.41, 5.74) is 0. The molecule has 1 aromatic rings. The van der Waals surface area contributed by atoms with Crippen molar-refractivity contribution in [2.24, 2.45) is 5.92 Å². The molecule has 6 nitrogen and oxygen atoms in total. The third-order valence-corrected chi connectivity index (χ3v) is 4.87. The van der Waals surface area contributed by atoms with Crippen LogP contribution in [0.3, 0.4) is 0 Å². The molecule has 0 bridgehead atoms. The summed E-state index contributed by atoms with van der Waals surface area (Å²) in [7, 11) is -3.44. The molecule has 19 heavy (non-hydrogen) atoms. The fraction of sp³-hybridized carbons (Fsp3) is 0.750. The van der Waals surface area contributed by atoms with E-state index in [2.05, 4.69) is 24.1 Å². The van der Waals surface area contributed by atoms with Gasteiger partial charge < -0.3 is 9.88 Å². The molecule has 1 aromatic heterocycles. The van der Waals surface area contributed by atoms with E-state index in [1.807, 2.05) is 4.57 Å². The first kappa shape index (κ1) is 14.5. The van der Waals surface area contributed by atoms with E-state index in [1.165, 1.54) is 4.31 Å². The van der Waals surface area contributed by atoms with Gasteiger partial charge in [0.25, 0.3) is 10.0 Å². The minimum Gasteiger partial charge on any atom is -0.336 e. The molecule has 0 atom stereocenters. The first-order chi connectivity index (χ1) is 9.00. The van der Waals surface area contributed by atoms with E-state index in [-0.39, 0.29) is 5.03 Å². The predicted octanol–water partition coefficient (Wildman–Crippen LogP) is 0.523. The van der Waals surface area contributed by atoms with E-state index in [9.17, 15) is 8.42 Å². The van der Waals surface area contributed by atoms with Crippen LogP contribution in [0, 0.1) is 5.92 Å². The highest BCUT2D eigenvalue weighted by atomic mass is 32.2. The van der Waals surface area contributed by atoms with E-state index >= 15 is 0 Å². The molecule has 7 heteroatoms. The summed E-state index contributed by atoms with van der Waals surface area (Å²) < 4.78 is 28.3. The number of sulfonamides is 1. The second-order valence-corrected chi connectivity index (χ2v) is 7.19. The lowest BCUT2D eigenvalue weighted by Gasteiger charge is -2.17. The SMILES string of the molecule is CC(C)Cn1cnc(S(=O)(=O)N2CCCNCC2)c1. The van der Waals surface area contributed by atoms with Crippen LogP contribution < -0.4 is 5.32 Å². The van der Waals surface area contributed by atoms with Crippen LogP contribution in [0.5, 0.6) is 0 Å². The van der Waals surface area contributed by atoms with Crippen molar-refractivity contribution >= 4 is 10.0 Å². The van der Waals surface area contributed by atoms with Crippen LogP contribution in [0.15, 0.2) is 17.6 Å². The van der Waals surface area contributed by atoms with Gasteiger partial charge in [0.1, 0.15) is 0 Å². The monoisotopic (exact) mass is 286 g/mol. The molecule has 0 radical (unpaired) electrons. The lowest BCUT2D eigenvalue weighted by Crippen LogP contribution is -2.34. The number of imidazole rings is 1. The Bertz CT molecular complexity index is 502. The first-order valence-corrected chi connectivity index (χ1v) is 8.17. The lowest BCUT2D eigenvalue weighted by atomic mass is 10.2. The Labute approximate surface area is 114 Å². The molecule has 0 unspecified atom stereocenters. The largest absolute Gasteiger partial charge is 0.336 e. The van der Waals surface area contributed by atoms with Gasteiger partial charge in [0.05, 0.1) is 6.33 Å². The molecule has 1 fully saturated rings. The molecular formula is C12H22N4O2S. The zero-order valence-corrected chi connectivity index (χ0v) is 12.4. The zero-order valence-electron chi connectivity index (χ0n) is 11.5. The van der Waals surface area contributed by atoms with E-state index in [4.69, 9.17) is 0 Å². The Balaban J connectivity index is 2.16. The maximum Gasteiger partial charge on any atom is 0.262 e. The topological polar surface area (TPSA) is 67.2 Å². The van der Waals surface area contributed by atoms with E-state index < -0.39 is 10.0 Å². The molecule has 0 saturated carbocycles. The minimum absolute atomic E-state index is 0.162. The van der Waals surface area contributed by atoms with Gasteiger partial charge in [-0.25, -0.2) is 13.4 Å². The summed E-state index contributed by atoms with van der Waals surface area (Å²) in [6.45, 7) is 7.61. The molecular weight excluding hydrogens is 264 g/mol. The van der Waals surface area contributed by atoms with E-state index in [0.717, 1.165) is 19.5 Å². The molecule has 2 rings (SSSR count). The van der Waals surface area contributed by atoms with Crippen LogP contribution in [0.1, 0.15) is 20.3 Å². The third kappa shape index (κ3) is 3.55. The summed E-state index contributed by atoms with van der Waals surface area (Å²) in [5, 5.41) is 3.36. The van der Waals surface area contributed by atoms with E-state index in [0.29, 0.717) is 25.6 Å². The Hall–Kier alpha value is -0.920. The Kier molecular flexibility index (Phi) is 4.59. The number of rotatable bonds is 4. The lowest BCUT2D eigenvalue weighted by molar-refractivity contribution is 0.429. The quantitative estimate of drug-likeness (QED) is 0.876. The average molecular weight is 286 g/mol. The maximum atomic E-state index is 12.5. The Morgan fingerprint density at radius 1 is 1.37 bits per heavy atom. The van der Waals surface area contributed by atoms with Gasteiger partial charge in [0.2, 0.25) is 0 Å².